The molecule has 0 aliphatic heterocycles. The number of amides is 1. The van der Waals surface area contributed by atoms with E-state index in [4.69, 9.17) is 4.52 Å². The van der Waals surface area contributed by atoms with Crippen molar-refractivity contribution in [3.63, 3.8) is 0 Å². The zero-order valence-corrected chi connectivity index (χ0v) is 13.2. The van der Waals surface area contributed by atoms with Crippen LogP contribution in [0.1, 0.15) is 16.2 Å². The number of nitrogens with zero attached hydrogens (tertiary/aromatic N) is 2. The Morgan fingerprint density at radius 3 is 2.56 bits per heavy atom. The maximum absolute atomic E-state index is 12.9. The summed E-state index contributed by atoms with van der Waals surface area (Å²) in [5, 5.41) is 15.9. The van der Waals surface area contributed by atoms with E-state index in [-0.39, 0.29) is 24.1 Å². The first-order valence-corrected chi connectivity index (χ1v) is 7.71. The largest absolute Gasteiger partial charge is 0.394 e. The molecule has 0 aliphatic carbocycles. The summed E-state index contributed by atoms with van der Waals surface area (Å²) in [5.41, 5.74) is 1.52. The Morgan fingerprint density at radius 2 is 1.88 bits per heavy atom. The van der Waals surface area contributed by atoms with Gasteiger partial charge in [-0.2, -0.15) is 4.98 Å². The van der Waals surface area contributed by atoms with Gasteiger partial charge in [0.1, 0.15) is 5.82 Å². The Bertz CT molecular complexity index is 834. The van der Waals surface area contributed by atoms with Crippen molar-refractivity contribution in [2.75, 3.05) is 6.61 Å². The van der Waals surface area contributed by atoms with E-state index in [9.17, 15) is 14.3 Å². The average molecular weight is 341 g/mol. The van der Waals surface area contributed by atoms with E-state index in [1.165, 1.54) is 24.3 Å². The molecule has 1 amide bonds. The van der Waals surface area contributed by atoms with E-state index >= 15 is 0 Å². The number of hydrogen-bond donors (Lipinski definition) is 2. The maximum Gasteiger partial charge on any atom is 0.316 e. The SMILES string of the molecule is O=C(N[C@@H](CO)Cc1ccccc1)c1nc(-c2ccc(F)cc2)no1. The van der Waals surface area contributed by atoms with Crippen molar-refractivity contribution in [2.45, 2.75) is 12.5 Å². The molecule has 1 aromatic heterocycles. The molecule has 0 fully saturated rings. The van der Waals surface area contributed by atoms with Gasteiger partial charge < -0.3 is 14.9 Å². The van der Waals surface area contributed by atoms with Crippen LogP contribution in [0.15, 0.2) is 59.1 Å². The number of aliphatic hydroxyl groups excluding tert-OH is 1. The highest BCUT2D eigenvalue weighted by atomic mass is 19.1. The summed E-state index contributed by atoms with van der Waals surface area (Å²) in [7, 11) is 0. The zero-order chi connectivity index (χ0) is 17.6. The minimum Gasteiger partial charge on any atom is -0.394 e. The summed E-state index contributed by atoms with van der Waals surface area (Å²) in [4.78, 5) is 16.2. The van der Waals surface area contributed by atoms with Crippen LogP contribution in [-0.4, -0.2) is 33.8 Å². The van der Waals surface area contributed by atoms with E-state index in [0.717, 1.165) is 5.56 Å². The van der Waals surface area contributed by atoms with Crippen LogP contribution in [0.25, 0.3) is 11.4 Å². The Balaban J connectivity index is 1.67. The Kier molecular flexibility index (Phi) is 5.15. The first kappa shape index (κ1) is 16.8. The fraction of sp³-hybridized carbons (Fsp3) is 0.167. The molecule has 0 saturated carbocycles. The van der Waals surface area contributed by atoms with E-state index in [0.29, 0.717) is 12.0 Å². The number of carbonyl (C=O) groups excluding carboxylic acids is 1. The number of hydrogen-bond acceptors (Lipinski definition) is 5. The molecule has 3 rings (SSSR count). The zero-order valence-electron chi connectivity index (χ0n) is 13.2. The molecule has 0 unspecified atom stereocenters. The molecule has 25 heavy (non-hydrogen) atoms. The second-order valence-electron chi connectivity index (χ2n) is 5.47. The highest BCUT2D eigenvalue weighted by Crippen LogP contribution is 2.16. The molecule has 1 heterocycles. The fourth-order valence-corrected chi connectivity index (χ4v) is 2.34. The summed E-state index contributed by atoms with van der Waals surface area (Å²) < 4.78 is 17.9. The Hall–Kier alpha value is -3.06. The second kappa shape index (κ2) is 7.67. The molecule has 0 aliphatic rings. The summed E-state index contributed by atoms with van der Waals surface area (Å²) in [6.07, 6.45) is 0.474. The molecule has 6 nitrogen and oxygen atoms in total. The lowest BCUT2D eigenvalue weighted by molar-refractivity contribution is 0.0872. The third-order valence-corrected chi connectivity index (χ3v) is 3.60. The molecule has 128 valence electrons. The predicted octanol–water partition coefficient (Wildman–Crippen LogP) is 2.21. The first-order chi connectivity index (χ1) is 12.2. The third kappa shape index (κ3) is 4.27. The standard InChI is InChI=1S/C18H16FN3O3/c19-14-8-6-13(7-9-14)16-21-18(25-22-16)17(24)20-15(11-23)10-12-4-2-1-3-5-12/h1-9,15,23H,10-11H2,(H,20,24)/t15-/m1/s1. The number of aromatic nitrogens is 2. The van der Waals surface area contributed by atoms with Gasteiger partial charge in [-0.15, -0.1) is 0 Å². The normalized spacial score (nSPS) is 11.9. The molecule has 0 spiro atoms. The summed E-state index contributed by atoms with van der Waals surface area (Å²) >= 11 is 0. The van der Waals surface area contributed by atoms with Crippen LogP contribution >= 0.6 is 0 Å². The van der Waals surface area contributed by atoms with Crippen molar-refractivity contribution >= 4 is 5.91 Å². The number of halogens is 1. The van der Waals surface area contributed by atoms with Crippen LogP contribution in [0, 0.1) is 5.82 Å². The van der Waals surface area contributed by atoms with Gasteiger partial charge in [0.05, 0.1) is 12.6 Å². The maximum atomic E-state index is 12.9. The van der Waals surface area contributed by atoms with E-state index in [1.54, 1.807) is 0 Å². The summed E-state index contributed by atoms with van der Waals surface area (Å²) in [6.45, 7) is -0.223. The number of aliphatic hydroxyl groups is 1. The van der Waals surface area contributed by atoms with Crippen molar-refractivity contribution in [1.82, 2.24) is 15.5 Å². The van der Waals surface area contributed by atoms with Crippen molar-refractivity contribution < 1.29 is 18.8 Å². The quantitative estimate of drug-likeness (QED) is 0.718. The first-order valence-electron chi connectivity index (χ1n) is 7.71. The predicted molar refractivity (Wildman–Crippen MR) is 88.2 cm³/mol. The van der Waals surface area contributed by atoms with Gasteiger partial charge in [-0.25, -0.2) is 4.39 Å². The molecule has 0 saturated heterocycles. The number of nitrogens with one attached hydrogen (secondary N) is 1. The molecule has 0 radical (unpaired) electrons. The van der Waals surface area contributed by atoms with Crippen LogP contribution in [0.2, 0.25) is 0 Å². The van der Waals surface area contributed by atoms with Gasteiger partial charge in [-0.3, -0.25) is 4.79 Å². The molecule has 1 atom stereocenters. The highest BCUT2D eigenvalue weighted by Gasteiger charge is 2.20. The van der Waals surface area contributed by atoms with Crippen LogP contribution in [0.3, 0.4) is 0 Å². The lowest BCUT2D eigenvalue weighted by atomic mass is 10.1. The van der Waals surface area contributed by atoms with Gasteiger partial charge in [0.15, 0.2) is 0 Å². The number of benzene rings is 2. The third-order valence-electron chi connectivity index (χ3n) is 3.60. The molecule has 0 bridgehead atoms. The fourth-order valence-electron chi connectivity index (χ4n) is 2.34. The van der Waals surface area contributed by atoms with Crippen LogP contribution in [0.4, 0.5) is 4.39 Å². The minimum absolute atomic E-state index is 0.189. The van der Waals surface area contributed by atoms with Crippen LogP contribution in [-0.2, 0) is 6.42 Å². The molecule has 2 N–H and O–H groups in total. The average Bonchev–Trinajstić information content (AvgIpc) is 3.13. The van der Waals surface area contributed by atoms with Crippen molar-refractivity contribution in [1.29, 1.82) is 0 Å². The Morgan fingerprint density at radius 1 is 1.16 bits per heavy atom. The van der Waals surface area contributed by atoms with Crippen molar-refractivity contribution in [2.24, 2.45) is 0 Å². The van der Waals surface area contributed by atoms with E-state index in [1.807, 2.05) is 30.3 Å². The summed E-state index contributed by atoms with van der Waals surface area (Å²) in [6, 6.07) is 14.5. The van der Waals surface area contributed by atoms with Gasteiger partial charge in [0, 0.05) is 5.56 Å². The van der Waals surface area contributed by atoms with Crippen LogP contribution in [0.5, 0.6) is 0 Å². The topological polar surface area (TPSA) is 88.2 Å². The van der Waals surface area contributed by atoms with Gasteiger partial charge in [0.25, 0.3) is 0 Å². The number of carbonyl (C=O) groups is 1. The number of rotatable bonds is 6. The van der Waals surface area contributed by atoms with Crippen LogP contribution < -0.4 is 5.32 Å². The van der Waals surface area contributed by atoms with Crippen molar-refractivity contribution in [3.05, 3.63) is 71.9 Å². The van der Waals surface area contributed by atoms with E-state index in [2.05, 4.69) is 15.5 Å². The molecular weight excluding hydrogens is 325 g/mol. The molecule has 3 aromatic rings. The van der Waals surface area contributed by atoms with Crippen molar-refractivity contribution in [3.8, 4) is 11.4 Å². The minimum atomic E-state index is -0.573. The lowest BCUT2D eigenvalue weighted by Gasteiger charge is -2.14. The summed E-state index contributed by atoms with van der Waals surface area (Å²) in [5.74, 6) is -0.979. The van der Waals surface area contributed by atoms with Gasteiger partial charge >= 0.3 is 11.8 Å². The molecular formula is C18H16FN3O3. The van der Waals surface area contributed by atoms with Gasteiger partial charge in [-0.05, 0) is 36.2 Å². The molecule has 2 aromatic carbocycles. The molecule has 7 heteroatoms. The highest BCUT2D eigenvalue weighted by molar-refractivity contribution is 5.90. The van der Waals surface area contributed by atoms with Gasteiger partial charge in [0.2, 0.25) is 5.82 Å². The second-order valence-corrected chi connectivity index (χ2v) is 5.47. The smallest absolute Gasteiger partial charge is 0.316 e. The Labute approximate surface area is 143 Å². The monoisotopic (exact) mass is 341 g/mol. The lowest BCUT2D eigenvalue weighted by Crippen LogP contribution is -2.39. The van der Waals surface area contributed by atoms with Gasteiger partial charge in [-0.1, -0.05) is 35.5 Å². The van der Waals surface area contributed by atoms with E-state index < -0.39 is 11.9 Å².